The maximum atomic E-state index is 14.0. The normalized spacial score (nSPS) is 14.6. The molecular weight excluding hydrogens is 552 g/mol. The van der Waals surface area contributed by atoms with Crippen molar-refractivity contribution in [1.82, 2.24) is 9.80 Å². The van der Waals surface area contributed by atoms with Crippen molar-refractivity contribution >= 4 is 22.8 Å². The quantitative estimate of drug-likeness (QED) is 0.140. The summed E-state index contributed by atoms with van der Waals surface area (Å²) in [6.07, 6.45) is 14.4. The van der Waals surface area contributed by atoms with Crippen LogP contribution in [-0.2, 0) is 27.4 Å². The van der Waals surface area contributed by atoms with E-state index in [-0.39, 0.29) is 36.4 Å². The van der Waals surface area contributed by atoms with Gasteiger partial charge in [-0.05, 0) is 43.9 Å². The number of ether oxygens (including phenoxy) is 1. The van der Waals surface area contributed by atoms with Crippen LogP contribution in [0.4, 0.5) is 0 Å². The molecule has 44 heavy (non-hydrogen) atoms. The number of carbonyl (C=O) groups excluding carboxylic acids is 2. The highest BCUT2D eigenvalue weighted by Gasteiger charge is 2.27. The largest absolute Gasteiger partial charge is 0.464 e. The molecular formula is C37H50N2O5. The van der Waals surface area contributed by atoms with E-state index < -0.39 is 0 Å². The Kier molecular flexibility index (Phi) is 13.5. The summed E-state index contributed by atoms with van der Waals surface area (Å²) in [5.74, 6) is -0.201. The molecule has 1 saturated heterocycles. The number of hydrogen-bond donors (Lipinski definition) is 0. The van der Waals surface area contributed by atoms with Crippen molar-refractivity contribution in [1.29, 1.82) is 0 Å². The molecule has 238 valence electrons. The van der Waals surface area contributed by atoms with Crippen molar-refractivity contribution in [2.45, 2.75) is 110 Å². The zero-order valence-corrected chi connectivity index (χ0v) is 26.7. The molecule has 7 heteroatoms. The van der Waals surface area contributed by atoms with Crippen LogP contribution in [0.3, 0.4) is 0 Å². The summed E-state index contributed by atoms with van der Waals surface area (Å²) in [4.78, 5) is 44.2. The van der Waals surface area contributed by atoms with Crippen LogP contribution in [0.15, 0.2) is 64.0 Å². The second-order valence-electron chi connectivity index (χ2n) is 12.3. The topological polar surface area (TPSA) is 80.1 Å². The zero-order valence-electron chi connectivity index (χ0n) is 26.7. The smallest absolute Gasteiger partial charge is 0.242 e. The molecule has 1 aliphatic heterocycles. The minimum atomic E-state index is -0.198. The van der Waals surface area contributed by atoms with Crippen molar-refractivity contribution in [3.8, 4) is 0 Å². The lowest BCUT2D eigenvalue weighted by molar-refractivity contribution is -0.142. The van der Waals surface area contributed by atoms with Gasteiger partial charge >= 0.3 is 0 Å². The fraction of sp³-hybridized carbons (Fsp3) is 0.541. The fourth-order valence-electron chi connectivity index (χ4n) is 5.93. The second kappa shape index (κ2) is 17.7. The van der Waals surface area contributed by atoms with Crippen LogP contribution < -0.4 is 5.43 Å². The van der Waals surface area contributed by atoms with Gasteiger partial charge in [0.25, 0.3) is 0 Å². The molecule has 1 aromatic heterocycles. The van der Waals surface area contributed by atoms with Gasteiger partial charge in [-0.25, -0.2) is 0 Å². The number of rotatable bonds is 18. The van der Waals surface area contributed by atoms with Crippen molar-refractivity contribution < 1.29 is 18.7 Å². The van der Waals surface area contributed by atoms with Crippen molar-refractivity contribution in [3.63, 3.8) is 0 Å². The Balaban J connectivity index is 1.44. The lowest BCUT2D eigenvalue weighted by atomic mass is 10.1. The van der Waals surface area contributed by atoms with Crippen LogP contribution in [0.25, 0.3) is 11.0 Å². The predicted octanol–water partition coefficient (Wildman–Crippen LogP) is 7.56. The molecule has 7 nitrogen and oxygen atoms in total. The minimum Gasteiger partial charge on any atom is -0.464 e. The molecule has 0 bridgehead atoms. The summed E-state index contributed by atoms with van der Waals surface area (Å²) >= 11 is 0. The Morgan fingerprint density at radius 2 is 1.59 bits per heavy atom. The lowest BCUT2D eigenvalue weighted by Gasteiger charge is -2.29. The van der Waals surface area contributed by atoms with Gasteiger partial charge in [0.15, 0.2) is 5.43 Å². The van der Waals surface area contributed by atoms with Crippen molar-refractivity contribution in [3.05, 3.63) is 81.7 Å². The SMILES string of the molecule is CCCCCCCCCCCC(=O)N(CC(=O)N(Cc1ccccc1)Cc1coc2ccc(C)cc2c1=O)CC1CCCO1. The van der Waals surface area contributed by atoms with E-state index in [1.54, 1.807) is 15.9 Å². The number of carbonyl (C=O) groups is 2. The zero-order chi connectivity index (χ0) is 31.1. The third kappa shape index (κ3) is 10.3. The van der Waals surface area contributed by atoms with Gasteiger partial charge in [0.05, 0.1) is 36.4 Å². The van der Waals surface area contributed by atoms with Crippen LogP contribution in [0.2, 0.25) is 0 Å². The van der Waals surface area contributed by atoms with Crippen molar-refractivity contribution in [2.24, 2.45) is 0 Å². The van der Waals surface area contributed by atoms with Gasteiger partial charge in [-0.3, -0.25) is 14.4 Å². The fourth-order valence-corrected chi connectivity index (χ4v) is 5.93. The lowest BCUT2D eigenvalue weighted by Crippen LogP contribution is -2.45. The van der Waals surface area contributed by atoms with Crippen LogP contribution in [-0.4, -0.2) is 47.4 Å². The molecule has 0 aliphatic carbocycles. The summed E-state index contributed by atoms with van der Waals surface area (Å²) in [5.41, 5.74) is 2.72. The first-order valence-electron chi connectivity index (χ1n) is 16.7. The monoisotopic (exact) mass is 602 g/mol. The van der Waals surface area contributed by atoms with Gasteiger partial charge in [0.1, 0.15) is 5.58 Å². The number of unbranched alkanes of at least 4 members (excludes halogenated alkanes) is 8. The van der Waals surface area contributed by atoms with E-state index in [1.165, 1.54) is 44.8 Å². The van der Waals surface area contributed by atoms with Crippen LogP contribution in [0, 0.1) is 6.92 Å². The predicted molar refractivity (Wildman–Crippen MR) is 175 cm³/mol. The van der Waals surface area contributed by atoms with Gasteiger partial charge in [-0.2, -0.15) is 0 Å². The maximum absolute atomic E-state index is 14.0. The molecule has 0 saturated carbocycles. The molecule has 1 aliphatic rings. The van der Waals surface area contributed by atoms with Crippen LogP contribution in [0.5, 0.6) is 0 Å². The van der Waals surface area contributed by atoms with E-state index in [0.29, 0.717) is 42.6 Å². The third-order valence-electron chi connectivity index (χ3n) is 8.55. The van der Waals surface area contributed by atoms with Gasteiger partial charge in [-0.1, -0.05) is 100 Å². The van der Waals surface area contributed by atoms with E-state index in [0.717, 1.165) is 43.2 Å². The Labute approximate surface area is 262 Å². The summed E-state index contributed by atoms with van der Waals surface area (Å²) < 4.78 is 11.7. The first-order valence-corrected chi connectivity index (χ1v) is 16.7. The molecule has 1 unspecified atom stereocenters. The maximum Gasteiger partial charge on any atom is 0.242 e. The van der Waals surface area contributed by atoms with E-state index in [1.807, 2.05) is 49.4 Å². The number of aryl methyl sites for hydroxylation is 1. The first-order chi connectivity index (χ1) is 21.4. The highest BCUT2D eigenvalue weighted by Crippen LogP contribution is 2.18. The van der Waals surface area contributed by atoms with Crippen LogP contribution >= 0.6 is 0 Å². The average Bonchev–Trinajstić information content (AvgIpc) is 3.54. The highest BCUT2D eigenvalue weighted by atomic mass is 16.5. The van der Waals surface area contributed by atoms with Crippen LogP contribution in [0.1, 0.15) is 101 Å². The Hall–Kier alpha value is -3.45. The summed E-state index contributed by atoms with van der Waals surface area (Å²) in [5, 5.41) is 0.505. The van der Waals surface area contributed by atoms with Gasteiger partial charge in [-0.15, -0.1) is 0 Å². The summed E-state index contributed by atoms with van der Waals surface area (Å²) in [6, 6.07) is 15.3. The third-order valence-corrected chi connectivity index (χ3v) is 8.55. The molecule has 2 heterocycles. The van der Waals surface area contributed by atoms with Crippen molar-refractivity contribution in [2.75, 3.05) is 19.7 Å². The molecule has 3 aromatic rings. The number of benzene rings is 2. The highest BCUT2D eigenvalue weighted by molar-refractivity contribution is 5.85. The van der Waals surface area contributed by atoms with Gasteiger partial charge < -0.3 is 19.0 Å². The Bertz CT molecular complexity index is 1380. The second-order valence-corrected chi connectivity index (χ2v) is 12.3. The number of fused-ring (bicyclic) bond motifs is 1. The molecule has 4 rings (SSSR count). The molecule has 0 radical (unpaired) electrons. The van der Waals surface area contributed by atoms with E-state index in [2.05, 4.69) is 6.92 Å². The van der Waals surface area contributed by atoms with Gasteiger partial charge in [0, 0.05) is 26.1 Å². The minimum absolute atomic E-state index is 0.00264. The standard InChI is InChI=1S/C37H50N2O5/c1-3-4-5-6-7-8-9-10-14-19-35(40)39(26-32-18-15-22-43-32)27-36(41)38(24-30-16-12-11-13-17-30)25-31-28-44-34-21-20-29(2)23-33(34)37(31)42/h11-13,16-17,20-21,23,28,32H,3-10,14-15,18-19,22,24-27H2,1-2H3. The Morgan fingerprint density at radius 1 is 0.864 bits per heavy atom. The Morgan fingerprint density at radius 3 is 2.30 bits per heavy atom. The number of hydrogen-bond acceptors (Lipinski definition) is 5. The van der Waals surface area contributed by atoms with E-state index in [4.69, 9.17) is 9.15 Å². The van der Waals surface area contributed by atoms with E-state index in [9.17, 15) is 14.4 Å². The molecule has 2 amide bonds. The molecule has 1 fully saturated rings. The number of amides is 2. The number of nitrogens with zero attached hydrogens (tertiary/aromatic N) is 2. The summed E-state index contributed by atoms with van der Waals surface area (Å²) in [7, 11) is 0. The van der Waals surface area contributed by atoms with Gasteiger partial charge in [0.2, 0.25) is 11.8 Å². The molecule has 0 N–H and O–H groups in total. The average molecular weight is 603 g/mol. The molecule has 0 spiro atoms. The summed E-state index contributed by atoms with van der Waals surface area (Å²) in [6.45, 7) is 5.66. The molecule has 2 aromatic carbocycles. The molecule has 1 atom stereocenters. The first kappa shape index (κ1) is 33.4. The van der Waals surface area contributed by atoms with E-state index >= 15 is 0 Å².